The van der Waals surface area contributed by atoms with Crippen molar-refractivity contribution in [3.05, 3.63) is 82.9 Å². The minimum absolute atomic E-state index is 0.0137. The maximum absolute atomic E-state index is 12.8. The minimum Gasteiger partial charge on any atom is -0.493 e. The van der Waals surface area contributed by atoms with Crippen LogP contribution < -0.4 is 20.1 Å². The van der Waals surface area contributed by atoms with Crippen LogP contribution in [0.4, 0.5) is 10.5 Å². The van der Waals surface area contributed by atoms with Gasteiger partial charge in [-0.3, -0.25) is 9.59 Å². The van der Waals surface area contributed by atoms with Gasteiger partial charge in [0.25, 0.3) is 5.91 Å². The van der Waals surface area contributed by atoms with Crippen LogP contribution in [0, 0.1) is 6.92 Å². The topological polar surface area (TPSA) is 136 Å². The van der Waals surface area contributed by atoms with Gasteiger partial charge in [-0.15, -0.1) is 0 Å². The fourth-order valence-corrected chi connectivity index (χ4v) is 3.57. The number of rotatable bonds is 9. The number of benzene rings is 2. The normalized spacial score (nSPS) is 13.9. The van der Waals surface area contributed by atoms with E-state index in [9.17, 15) is 19.2 Å². The third kappa shape index (κ3) is 6.01. The van der Waals surface area contributed by atoms with E-state index < -0.39 is 30.4 Å². The number of amides is 4. The fourth-order valence-electron chi connectivity index (χ4n) is 3.57. The number of nitrogens with zero attached hydrogens (tertiary/aromatic N) is 1. The van der Waals surface area contributed by atoms with Crippen LogP contribution in [0.1, 0.15) is 27.4 Å². The molecule has 196 valence electrons. The lowest BCUT2D eigenvalue weighted by Crippen LogP contribution is -2.38. The third-order valence-electron chi connectivity index (χ3n) is 5.52. The molecule has 1 aromatic heterocycles. The average Bonchev–Trinajstić information content (AvgIpc) is 3.49. The molecule has 4 rings (SSSR count). The van der Waals surface area contributed by atoms with Crippen molar-refractivity contribution < 1.29 is 37.8 Å². The van der Waals surface area contributed by atoms with E-state index in [4.69, 9.17) is 13.9 Å². The fraction of sp³-hybridized carbons (Fsp3) is 0.185. The lowest BCUT2D eigenvalue weighted by Gasteiger charge is -2.12. The second kappa shape index (κ2) is 11.3. The van der Waals surface area contributed by atoms with Gasteiger partial charge in [-0.1, -0.05) is 23.8 Å². The van der Waals surface area contributed by atoms with Crippen molar-refractivity contribution in [3.63, 3.8) is 0 Å². The van der Waals surface area contributed by atoms with Crippen LogP contribution in [0.3, 0.4) is 0 Å². The molecule has 11 nitrogen and oxygen atoms in total. The van der Waals surface area contributed by atoms with Crippen LogP contribution in [0.25, 0.3) is 6.08 Å². The zero-order valence-electron chi connectivity index (χ0n) is 20.9. The van der Waals surface area contributed by atoms with E-state index >= 15 is 0 Å². The van der Waals surface area contributed by atoms with Gasteiger partial charge < -0.3 is 29.3 Å². The zero-order chi connectivity index (χ0) is 27.2. The SMILES string of the molecule is COC(=O)c1ccc(COc2ccc(C=C3NC(=O)N(CC(=O)Nc4ccc(C)cc4)C3=O)cc2OC)o1. The number of imide groups is 1. The molecule has 0 unspecified atom stereocenters. The molecule has 1 aliphatic heterocycles. The van der Waals surface area contributed by atoms with Crippen LogP contribution >= 0.6 is 0 Å². The smallest absolute Gasteiger partial charge is 0.373 e. The Bertz CT molecular complexity index is 1410. The molecule has 4 amide bonds. The van der Waals surface area contributed by atoms with Gasteiger partial charge in [-0.05, 0) is 55.0 Å². The van der Waals surface area contributed by atoms with Gasteiger partial charge in [-0.25, -0.2) is 14.5 Å². The predicted octanol–water partition coefficient (Wildman–Crippen LogP) is 3.49. The third-order valence-corrected chi connectivity index (χ3v) is 5.52. The van der Waals surface area contributed by atoms with Gasteiger partial charge in [0.15, 0.2) is 11.5 Å². The molecule has 0 spiro atoms. The van der Waals surface area contributed by atoms with Crippen molar-refractivity contribution in [1.82, 2.24) is 10.2 Å². The first-order valence-electron chi connectivity index (χ1n) is 11.5. The Balaban J connectivity index is 1.40. The maximum Gasteiger partial charge on any atom is 0.373 e. The van der Waals surface area contributed by atoms with Crippen molar-refractivity contribution in [3.8, 4) is 11.5 Å². The summed E-state index contributed by atoms with van der Waals surface area (Å²) < 4.78 is 21.1. The number of anilines is 1. The molecule has 0 aliphatic carbocycles. The highest BCUT2D eigenvalue weighted by Crippen LogP contribution is 2.30. The molecule has 0 radical (unpaired) electrons. The molecule has 1 aliphatic rings. The standard InChI is InChI=1S/C27H25N3O8/c1-16-4-7-18(8-5-16)28-24(31)14-30-25(32)20(29-27(30)34)12-17-6-10-21(23(13-17)35-2)37-15-19-9-11-22(38-19)26(33)36-3/h4-13H,14-15H2,1-3H3,(H,28,31)(H,29,34). The van der Waals surface area contributed by atoms with Crippen LogP contribution in [0.5, 0.6) is 11.5 Å². The molecule has 2 N–H and O–H groups in total. The van der Waals surface area contributed by atoms with Crippen molar-refractivity contribution in [1.29, 1.82) is 0 Å². The molecule has 0 saturated carbocycles. The predicted molar refractivity (Wildman–Crippen MR) is 135 cm³/mol. The van der Waals surface area contributed by atoms with E-state index in [-0.39, 0.29) is 18.1 Å². The Morgan fingerprint density at radius 1 is 1.03 bits per heavy atom. The molecule has 2 heterocycles. The van der Waals surface area contributed by atoms with Crippen LogP contribution in [0.2, 0.25) is 0 Å². The summed E-state index contributed by atoms with van der Waals surface area (Å²) in [6, 6.07) is 14.5. The van der Waals surface area contributed by atoms with Crippen molar-refractivity contribution in [2.24, 2.45) is 0 Å². The minimum atomic E-state index is -0.697. The second-order valence-corrected chi connectivity index (χ2v) is 8.25. The number of nitrogens with one attached hydrogen (secondary N) is 2. The number of aryl methyl sites for hydroxylation is 1. The summed E-state index contributed by atoms with van der Waals surface area (Å²) in [4.78, 5) is 49.9. The van der Waals surface area contributed by atoms with Gasteiger partial charge in [0.05, 0.1) is 14.2 Å². The van der Waals surface area contributed by atoms with E-state index in [1.807, 2.05) is 19.1 Å². The summed E-state index contributed by atoms with van der Waals surface area (Å²) >= 11 is 0. The summed E-state index contributed by atoms with van der Waals surface area (Å²) in [7, 11) is 2.71. The molecule has 38 heavy (non-hydrogen) atoms. The summed E-state index contributed by atoms with van der Waals surface area (Å²) in [5.41, 5.74) is 2.16. The number of hydrogen-bond acceptors (Lipinski definition) is 8. The Morgan fingerprint density at radius 2 is 1.79 bits per heavy atom. The van der Waals surface area contributed by atoms with E-state index in [1.165, 1.54) is 26.4 Å². The van der Waals surface area contributed by atoms with Crippen molar-refractivity contribution in [2.45, 2.75) is 13.5 Å². The molecule has 11 heteroatoms. The summed E-state index contributed by atoms with van der Waals surface area (Å²) in [6.07, 6.45) is 1.47. The highest BCUT2D eigenvalue weighted by Gasteiger charge is 2.35. The number of ether oxygens (including phenoxy) is 3. The van der Waals surface area contributed by atoms with Gasteiger partial charge in [-0.2, -0.15) is 0 Å². The van der Waals surface area contributed by atoms with E-state index in [0.717, 1.165) is 10.5 Å². The molecule has 1 fully saturated rings. The second-order valence-electron chi connectivity index (χ2n) is 8.25. The number of esters is 1. The van der Waals surface area contributed by atoms with Crippen molar-refractivity contribution in [2.75, 3.05) is 26.1 Å². The van der Waals surface area contributed by atoms with Gasteiger partial charge in [0.2, 0.25) is 11.7 Å². The summed E-state index contributed by atoms with van der Waals surface area (Å²) in [5, 5.41) is 5.15. The van der Waals surface area contributed by atoms with Crippen LogP contribution in [-0.2, 0) is 20.9 Å². The highest BCUT2D eigenvalue weighted by molar-refractivity contribution is 6.16. The summed E-state index contributed by atoms with van der Waals surface area (Å²) in [6.45, 7) is 1.52. The molecular formula is C27H25N3O8. The van der Waals surface area contributed by atoms with Crippen LogP contribution in [0.15, 0.2) is 64.7 Å². The molecule has 1 saturated heterocycles. The number of hydrogen-bond donors (Lipinski definition) is 2. The number of urea groups is 1. The first-order valence-corrected chi connectivity index (χ1v) is 11.5. The number of carbonyl (C=O) groups is 4. The monoisotopic (exact) mass is 519 g/mol. The lowest BCUT2D eigenvalue weighted by molar-refractivity contribution is -0.127. The average molecular weight is 520 g/mol. The van der Waals surface area contributed by atoms with Gasteiger partial charge >= 0.3 is 12.0 Å². The first-order chi connectivity index (χ1) is 18.3. The molecule has 0 atom stereocenters. The molecular weight excluding hydrogens is 494 g/mol. The number of carbonyl (C=O) groups excluding carboxylic acids is 4. The zero-order valence-corrected chi connectivity index (χ0v) is 20.9. The summed E-state index contributed by atoms with van der Waals surface area (Å²) in [5.74, 6) is -0.503. The Morgan fingerprint density at radius 3 is 2.50 bits per heavy atom. The van der Waals surface area contributed by atoms with Crippen molar-refractivity contribution >= 4 is 35.6 Å². The van der Waals surface area contributed by atoms with E-state index in [0.29, 0.717) is 28.5 Å². The number of methoxy groups -OCH3 is 2. The Kier molecular flexibility index (Phi) is 7.76. The van der Waals surface area contributed by atoms with E-state index in [2.05, 4.69) is 15.4 Å². The lowest BCUT2D eigenvalue weighted by atomic mass is 10.1. The first kappa shape index (κ1) is 26.0. The quantitative estimate of drug-likeness (QED) is 0.249. The van der Waals surface area contributed by atoms with Crippen LogP contribution in [-0.4, -0.2) is 49.5 Å². The molecule has 0 bridgehead atoms. The van der Waals surface area contributed by atoms with Gasteiger partial charge in [0, 0.05) is 5.69 Å². The molecule has 3 aromatic rings. The highest BCUT2D eigenvalue weighted by atomic mass is 16.5. The Labute approximate surface area is 218 Å². The largest absolute Gasteiger partial charge is 0.493 e. The Hall–Kier alpha value is -5.06. The number of furan rings is 1. The maximum atomic E-state index is 12.8. The van der Waals surface area contributed by atoms with Gasteiger partial charge in [0.1, 0.15) is 24.6 Å². The van der Waals surface area contributed by atoms with E-state index in [1.54, 1.807) is 36.4 Å². The molecule has 2 aromatic carbocycles.